The quantitative estimate of drug-likeness (QED) is 0.594. The number of rotatable bonds is 5. The molecule has 0 unspecified atom stereocenters. The van der Waals surface area contributed by atoms with E-state index in [2.05, 4.69) is 0 Å². The van der Waals surface area contributed by atoms with Crippen molar-refractivity contribution in [3.8, 4) is 5.75 Å². The number of aliphatic carboxylic acids is 1. The van der Waals surface area contributed by atoms with E-state index in [4.69, 9.17) is 9.84 Å². The highest BCUT2D eigenvalue weighted by atomic mass is 16.5. The summed E-state index contributed by atoms with van der Waals surface area (Å²) in [7, 11) is 0. The molecule has 0 saturated carbocycles. The first-order valence-electron chi connectivity index (χ1n) is 4.78. The zero-order chi connectivity index (χ0) is 11.1. The lowest BCUT2D eigenvalue weighted by Gasteiger charge is -2.03. The summed E-state index contributed by atoms with van der Waals surface area (Å²) in [4.78, 5) is 10.5. The molecule has 0 bridgehead atoms. The third-order valence-electron chi connectivity index (χ3n) is 1.92. The van der Waals surface area contributed by atoms with Crippen molar-refractivity contribution in [2.24, 2.45) is 0 Å². The summed E-state index contributed by atoms with van der Waals surface area (Å²) in [6, 6.07) is 9.45. The molecule has 80 valence electrons. The van der Waals surface area contributed by atoms with Crippen molar-refractivity contribution in [1.29, 1.82) is 0 Å². The van der Waals surface area contributed by atoms with Crippen LogP contribution >= 0.6 is 0 Å². The van der Waals surface area contributed by atoms with Gasteiger partial charge in [0.2, 0.25) is 0 Å². The Morgan fingerprint density at radius 1 is 1.40 bits per heavy atom. The molecule has 0 aliphatic rings. The number of carbonyl (C=O) groups is 1. The van der Waals surface area contributed by atoms with Crippen LogP contribution in [0.15, 0.2) is 42.0 Å². The highest BCUT2D eigenvalue weighted by molar-refractivity contribution is 5.85. The number of carboxylic acid groups (broad SMARTS) is 1. The van der Waals surface area contributed by atoms with Crippen molar-refractivity contribution < 1.29 is 14.6 Å². The van der Waals surface area contributed by atoms with Gasteiger partial charge in [-0.15, -0.1) is 0 Å². The van der Waals surface area contributed by atoms with E-state index in [1.165, 1.54) is 0 Å². The molecule has 0 spiro atoms. The van der Waals surface area contributed by atoms with Crippen molar-refractivity contribution >= 4 is 5.97 Å². The Balaban J connectivity index is 2.29. The molecule has 1 N–H and O–H groups in total. The summed E-state index contributed by atoms with van der Waals surface area (Å²) in [5, 5.41) is 8.59. The maximum atomic E-state index is 10.5. The molecule has 0 amide bonds. The molecule has 0 heterocycles. The molecule has 0 atom stereocenters. The first-order valence-corrected chi connectivity index (χ1v) is 4.78. The topological polar surface area (TPSA) is 46.5 Å². The Kier molecular flexibility index (Phi) is 4.41. The monoisotopic (exact) mass is 206 g/mol. The van der Waals surface area contributed by atoms with Gasteiger partial charge in [-0.05, 0) is 19.1 Å². The second kappa shape index (κ2) is 5.86. The zero-order valence-electron chi connectivity index (χ0n) is 8.64. The van der Waals surface area contributed by atoms with Crippen LogP contribution in [0, 0.1) is 0 Å². The van der Waals surface area contributed by atoms with Crippen LogP contribution in [0.1, 0.15) is 13.3 Å². The van der Waals surface area contributed by atoms with Gasteiger partial charge >= 0.3 is 5.97 Å². The molecule has 0 saturated heterocycles. The van der Waals surface area contributed by atoms with Crippen molar-refractivity contribution in [1.82, 2.24) is 0 Å². The van der Waals surface area contributed by atoms with E-state index in [1.54, 1.807) is 13.0 Å². The number of benzene rings is 1. The summed E-state index contributed by atoms with van der Waals surface area (Å²) >= 11 is 0. The highest BCUT2D eigenvalue weighted by Gasteiger charge is 1.97. The summed E-state index contributed by atoms with van der Waals surface area (Å²) in [5.41, 5.74) is 0.353. The van der Waals surface area contributed by atoms with Crippen LogP contribution in [0.2, 0.25) is 0 Å². The number of carboxylic acids is 1. The Labute approximate surface area is 89.0 Å². The Bertz CT molecular complexity index is 341. The Morgan fingerprint density at radius 2 is 2.07 bits per heavy atom. The van der Waals surface area contributed by atoms with Crippen LogP contribution < -0.4 is 4.74 Å². The largest absolute Gasteiger partial charge is 0.493 e. The van der Waals surface area contributed by atoms with E-state index in [0.29, 0.717) is 18.6 Å². The number of hydrogen-bond donors (Lipinski definition) is 1. The van der Waals surface area contributed by atoms with Crippen LogP contribution in [-0.4, -0.2) is 17.7 Å². The van der Waals surface area contributed by atoms with Crippen LogP contribution in [0.3, 0.4) is 0 Å². The fourth-order valence-electron chi connectivity index (χ4n) is 1.06. The average Bonchev–Trinajstić information content (AvgIpc) is 2.25. The van der Waals surface area contributed by atoms with E-state index < -0.39 is 5.97 Å². The molecule has 1 aromatic rings. The van der Waals surface area contributed by atoms with E-state index >= 15 is 0 Å². The van der Waals surface area contributed by atoms with Gasteiger partial charge in [-0.25, -0.2) is 4.79 Å². The first-order chi connectivity index (χ1) is 7.20. The summed E-state index contributed by atoms with van der Waals surface area (Å²) in [6.07, 6.45) is 2.26. The van der Waals surface area contributed by atoms with Crippen LogP contribution in [0.5, 0.6) is 5.75 Å². The summed E-state index contributed by atoms with van der Waals surface area (Å²) in [5.74, 6) is -0.0754. The van der Waals surface area contributed by atoms with Crippen molar-refractivity contribution in [2.75, 3.05) is 6.61 Å². The molecule has 0 aliphatic carbocycles. The molecule has 0 aromatic heterocycles. The second-order valence-corrected chi connectivity index (χ2v) is 3.14. The Hall–Kier alpha value is -1.77. The van der Waals surface area contributed by atoms with Gasteiger partial charge in [-0.3, -0.25) is 0 Å². The predicted molar refractivity (Wildman–Crippen MR) is 57.9 cm³/mol. The molecule has 0 radical (unpaired) electrons. The van der Waals surface area contributed by atoms with Gasteiger partial charge in [-0.1, -0.05) is 24.3 Å². The Morgan fingerprint density at radius 3 is 2.67 bits per heavy atom. The van der Waals surface area contributed by atoms with Crippen molar-refractivity contribution in [2.45, 2.75) is 13.3 Å². The minimum Gasteiger partial charge on any atom is -0.493 e. The molecule has 3 nitrogen and oxygen atoms in total. The van der Waals surface area contributed by atoms with E-state index in [1.807, 2.05) is 30.3 Å². The van der Waals surface area contributed by atoms with Gasteiger partial charge < -0.3 is 9.84 Å². The van der Waals surface area contributed by atoms with Gasteiger partial charge in [-0.2, -0.15) is 0 Å². The first kappa shape index (κ1) is 11.3. The van der Waals surface area contributed by atoms with Gasteiger partial charge in [0.25, 0.3) is 0 Å². The molecule has 3 heteroatoms. The maximum absolute atomic E-state index is 10.5. The van der Waals surface area contributed by atoms with Gasteiger partial charge in [0.15, 0.2) is 0 Å². The minimum atomic E-state index is -0.880. The number of hydrogen-bond acceptors (Lipinski definition) is 2. The maximum Gasteiger partial charge on any atom is 0.330 e. The lowest BCUT2D eigenvalue weighted by Crippen LogP contribution is -1.99. The van der Waals surface area contributed by atoms with Gasteiger partial charge in [0.1, 0.15) is 5.75 Å². The molecule has 0 fully saturated rings. The SMILES string of the molecule is CC(=CCCOc1ccccc1)C(=O)O. The average molecular weight is 206 g/mol. The third kappa shape index (κ3) is 4.31. The second-order valence-electron chi connectivity index (χ2n) is 3.14. The fourth-order valence-corrected chi connectivity index (χ4v) is 1.06. The number of para-hydroxylation sites is 1. The lowest BCUT2D eigenvalue weighted by molar-refractivity contribution is -0.132. The summed E-state index contributed by atoms with van der Waals surface area (Å²) in [6.45, 7) is 2.07. The molecular weight excluding hydrogens is 192 g/mol. The van der Waals surface area contributed by atoms with E-state index in [9.17, 15) is 4.79 Å². The number of ether oxygens (including phenoxy) is 1. The predicted octanol–water partition coefficient (Wildman–Crippen LogP) is 2.49. The van der Waals surface area contributed by atoms with Crippen molar-refractivity contribution in [3.63, 3.8) is 0 Å². The van der Waals surface area contributed by atoms with Crippen LogP contribution in [0.25, 0.3) is 0 Å². The molecule has 15 heavy (non-hydrogen) atoms. The normalized spacial score (nSPS) is 11.1. The van der Waals surface area contributed by atoms with Crippen LogP contribution in [0.4, 0.5) is 0 Å². The van der Waals surface area contributed by atoms with E-state index in [-0.39, 0.29) is 0 Å². The van der Waals surface area contributed by atoms with E-state index in [0.717, 1.165) is 5.75 Å². The smallest absolute Gasteiger partial charge is 0.330 e. The molecule has 0 aliphatic heterocycles. The molecule has 1 rings (SSSR count). The summed E-state index contributed by atoms with van der Waals surface area (Å²) < 4.78 is 5.40. The van der Waals surface area contributed by atoms with Gasteiger partial charge in [0.05, 0.1) is 6.61 Å². The third-order valence-corrected chi connectivity index (χ3v) is 1.92. The minimum absolute atomic E-state index is 0.353. The zero-order valence-corrected chi connectivity index (χ0v) is 8.64. The van der Waals surface area contributed by atoms with Crippen LogP contribution in [-0.2, 0) is 4.79 Å². The lowest BCUT2D eigenvalue weighted by atomic mass is 10.2. The van der Waals surface area contributed by atoms with Crippen molar-refractivity contribution in [3.05, 3.63) is 42.0 Å². The molecule has 1 aromatic carbocycles. The fraction of sp³-hybridized carbons (Fsp3) is 0.250. The molecular formula is C12H14O3. The standard InChI is InChI=1S/C12H14O3/c1-10(12(13)14)6-5-9-15-11-7-3-2-4-8-11/h2-4,6-8H,5,9H2,1H3,(H,13,14). The highest BCUT2D eigenvalue weighted by Crippen LogP contribution is 2.08. The van der Waals surface area contributed by atoms with Gasteiger partial charge in [0, 0.05) is 12.0 Å².